The third kappa shape index (κ3) is 2.88. The highest BCUT2D eigenvalue weighted by Crippen LogP contribution is 2.31. The van der Waals surface area contributed by atoms with Crippen LogP contribution in [0.15, 0.2) is 12.1 Å². The fourth-order valence-electron chi connectivity index (χ4n) is 2.32. The molecule has 17 heavy (non-hydrogen) atoms. The van der Waals surface area contributed by atoms with Crippen molar-refractivity contribution in [2.75, 3.05) is 0 Å². The lowest BCUT2D eigenvalue weighted by Gasteiger charge is -2.23. The van der Waals surface area contributed by atoms with Crippen LogP contribution in [0.2, 0.25) is 0 Å². The molecule has 0 bridgehead atoms. The van der Waals surface area contributed by atoms with E-state index in [9.17, 15) is 5.26 Å². The molecule has 0 aliphatic heterocycles. The zero-order valence-electron chi connectivity index (χ0n) is 11.9. The number of hydrogen-bond donors (Lipinski definition) is 0. The molecule has 0 aliphatic rings. The summed E-state index contributed by atoms with van der Waals surface area (Å²) in [6, 6.07) is 6.88. The molecule has 0 radical (unpaired) electrons. The third-order valence-corrected chi connectivity index (χ3v) is 3.37. The molecule has 0 amide bonds. The Morgan fingerprint density at radius 2 is 1.65 bits per heavy atom. The molecule has 0 N–H and O–H groups in total. The first-order valence-electron chi connectivity index (χ1n) is 6.32. The summed E-state index contributed by atoms with van der Waals surface area (Å²) >= 11 is 0. The van der Waals surface area contributed by atoms with E-state index >= 15 is 0 Å². The Balaban J connectivity index is 3.35. The largest absolute Gasteiger partial charge is 0.198 e. The minimum atomic E-state index is 0.0315. The van der Waals surface area contributed by atoms with E-state index in [0.717, 1.165) is 6.42 Å². The number of benzene rings is 1. The highest BCUT2D eigenvalue weighted by molar-refractivity contribution is 5.44. The summed E-state index contributed by atoms with van der Waals surface area (Å²) in [7, 11) is 0. The quantitative estimate of drug-likeness (QED) is 0.726. The van der Waals surface area contributed by atoms with Crippen LogP contribution in [0.25, 0.3) is 0 Å². The Bertz CT molecular complexity index is 421. The predicted octanol–water partition coefficient (Wildman–Crippen LogP) is 4.62. The van der Waals surface area contributed by atoms with Gasteiger partial charge in [-0.1, -0.05) is 39.8 Å². The van der Waals surface area contributed by atoms with Crippen LogP contribution >= 0.6 is 0 Å². The summed E-state index contributed by atoms with van der Waals surface area (Å²) in [5, 5.41) is 9.21. The molecule has 0 spiro atoms. The second kappa shape index (κ2) is 4.92. The zero-order chi connectivity index (χ0) is 13.2. The fraction of sp³-hybridized carbons (Fsp3) is 0.562. The van der Waals surface area contributed by atoms with Gasteiger partial charge in [-0.3, -0.25) is 0 Å². The molecular formula is C16H23N. The van der Waals surface area contributed by atoms with Gasteiger partial charge in [-0.15, -0.1) is 0 Å². The van der Waals surface area contributed by atoms with Crippen LogP contribution in [-0.2, 0) is 5.41 Å². The van der Waals surface area contributed by atoms with Crippen LogP contribution in [-0.4, -0.2) is 0 Å². The lowest BCUT2D eigenvalue weighted by Crippen LogP contribution is -2.13. The van der Waals surface area contributed by atoms with E-state index in [4.69, 9.17) is 0 Å². The zero-order valence-corrected chi connectivity index (χ0v) is 11.9. The Morgan fingerprint density at radius 1 is 1.18 bits per heavy atom. The van der Waals surface area contributed by atoms with E-state index < -0.39 is 0 Å². The number of nitriles is 1. The monoisotopic (exact) mass is 229 g/mol. The van der Waals surface area contributed by atoms with Crippen molar-refractivity contribution in [3.63, 3.8) is 0 Å². The van der Waals surface area contributed by atoms with Gasteiger partial charge in [-0.25, -0.2) is 0 Å². The summed E-state index contributed by atoms with van der Waals surface area (Å²) in [6.45, 7) is 13.0. The maximum atomic E-state index is 9.21. The summed E-state index contributed by atoms with van der Waals surface area (Å²) < 4.78 is 0. The maximum Gasteiger partial charge on any atom is 0.0715 e. The van der Waals surface area contributed by atoms with Crippen LogP contribution in [0.3, 0.4) is 0 Å². The average molecular weight is 229 g/mol. The Kier molecular flexibility index (Phi) is 3.98. The number of rotatable bonds is 2. The van der Waals surface area contributed by atoms with E-state index in [2.05, 4.69) is 59.7 Å². The Morgan fingerprint density at radius 3 is 1.94 bits per heavy atom. The molecule has 0 heterocycles. The first-order chi connectivity index (χ1) is 7.81. The van der Waals surface area contributed by atoms with Gasteiger partial charge in [0.15, 0.2) is 0 Å². The highest BCUT2D eigenvalue weighted by Gasteiger charge is 2.19. The van der Waals surface area contributed by atoms with Gasteiger partial charge in [0.2, 0.25) is 0 Å². The molecule has 1 nitrogen and oxygen atoms in total. The summed E-state index contributed by atoms with van der Waals surface area (Å²) in [6.07, 6.45) is 0.882. The SMILES string of the molecule is CCC(C#N)c1c(C)cc(C(C)(C)C)cc1C. The van der Waals surface area contributed by atoms with Crippen LogP contribution < -0.4 is 0 Å². The molecule has 1 aromatic rings. The van der Waals surface area contributed by atoms with Crippen molar-refractivity contribution >= 4 is 0 Å². The molecule has 92 valence electrons. The molecule has 0 aromatic heterocycles. The van der Waals surface area contributed by atoms with Gasteiger partial charge in [0.05, 0.1) is 12.0 Å². The minimum Gasteiger partial charge on any atom is -0.198 e. The van der Waals surface area contributed by atoms with Crippen molar-refractivity contribution in [3.8, 4) is 6.07 Å². The van der Waals surface area contributed by atoms with Crippen LogP contribution in [0.4, 0.5) is 0 Å². The highest BCUT2D eigenvalue weighted by atomic mass is 14.3. The average Bonchev–Trinajstić information content (AvgIpc) is 2.21. The first-order valence-corrected chi connectivity index (χ1v) is 6.32. The molecule has 1 heteroatoms. The molecule has 1 rings (SSSR count). The van der Waals surface area contributed by atoms with E-state index in [-0.39, 0.29) is 11.3 Å². The molecule has 0 fully saturated rings. The lowest BCUT2D eigenvalue weighted by molar-refractivity contribution is 0.588. The lowest BCUT2D eigenvalue weighted by atomic mass is 9.81. The molecule has 1 unspecified atom stereocenters. The van der Waals surface area contributed by atoms with E-state index in [0.29, 0.717) is 0 Å². The number of nitrogens with zero attached hydrogens (tertiary/aromatic N) is 1. The van der Waals surface area contributed by atoms with Crippen molar-refractivity contribution in [2.24, 2.45) is 0 Å². The van der Waals surface area contributed by atoms with Crippen LogP contribution in [0.1, 0.15) is 62.3 Å². The normalized spacial score (nSPS) is 13.2. The minimum absolute atomic E-state index is 0.0315. The van der Waals surface area contributed by atoms with E-state index in [1.54, 1.807) is 0 Å². The summed E-state index contributed by atoms with van der Waals surface area (Å²) in [5.74, 6) is 0.0315. The molecule has 0 saturated heterocycles. The summed E-state index contributed by atoms with van der Waals surface area (Å²) in [4.78, 5) is 0. The van der Waals surface area contributed by atoms with Gasteiger partial charge in [0, 0.05) is 0 Å². The van der Waals surface area contributed by atoms with Gasteiger partial charge in [-0.05, 0) is 47.9 Å². The van der Waals surface area contributed by atoms with Crippen molar-refractivity contribution in [3.05, 3.63) is 34.4 Å². The molecule has 1 aromatic carbocycles. The molecular weight excluding hydrogens is 206 g/mol. The van der Waals surface area contributed by atoms with E-state index in [1.807, 2.05) is 0 Å². The van der Waals surface area contributed by atoms with Crippen molar-refractivity contribution in [2.45, 2.75) is 59.3 Å². The Labute approximate surface area is 105 Å². The van der Waals surface area contributed by atoms with Gasteiger partial charge >= 0.3 is 0 Å². The summed E-state index contributed by atoms with van der Waals surface area (Å²) in [5.41, 5.74) is 5.25. The number of aryl methyl sites for hydroxylation is 2. The molecule has 1 atom stereocenters. The molecule has 0 saturated carbocycles. The first kappa shape index (κ1) is 13.8. The van der Waals surface area contributed by atoms with Crippen LogP contribution in [0, 0.1) is 25.2 Å². The number of hydrogen-bond acceptors (Lipinski definition) is 1. The smallest absolute Gasteiger partial charge is 0.0715 e. The Hall–Kier alpha value is -1.29. The fourth-order valence-corrected chi connectivity index (χ4v) is 2.32. The van der Waals surface area contributed by atoms with Crippen molar-refractivity contribution < 1.29 is 0 Å². The predicted molar refractivity (Wildman–Crippen MR) is 73.3 cm³/mol. The van der Waals surface area contributed by atoms with Crippen molar-refractivity contribution in [1.82, 2.24) is 0 Å². The third-order valence-electron chi connectivity index (χ3n) is 3.37. The van der Waals surface area contributed by atoms with Gasteiger partial charge in [0.25, 0.3) is 0 Å². The maximum absolute atomic E-state index is 9.21. The van der Waals surface area contributed by atoms with Crippen LogP contribution in [0.5, 0.6) is 0 Å². The standard InChI is InChI=1S/C16H23N/c1-7-13(10-17)15-11(2)8-14(9-12(15)3)16(4,5)6/h8-9,13H,7H2,1-6H3. The molecule has 0 aliphatic carbocycles. The van der Waals surface area contributed by atoms with Gasteiger partial charge < -0.3 is 0 Å². The van der Waals surface area contributed by atoms with Crippen molar-refractivity contribution in [1.29, 1.82) is 5.26 Å². The van der Waals surface area contributed by atoms with Gasteiger partial charge in [0.1, 0.15) is 0 Å². The second-order valence-corrected chi connectivity index (χ2v) is 5.86. The van der Waals surface area contributed by atoms with E-state index in [1.165, 1.54) is 22.3 Å². The topological polar surface area (TPSA) is 23.8 Å². The van der Waals surface area contributed by atoms with Gasteiger partial charge in [-0.2, -0.15) is 5.26 Å². The second-order valence-electron chi connectivity index (χ2n) is 5.86.